The van der Waals surface area contributed by atoms with Crippen molar-refractivity contribution in [2.45, 2.75) is 25.6 Å². The Morgan fingerprint density at radius 2 is 2.15 bits per heavy atom. The van der Waals surface area contributed by atoms with Gasteiger partial charge in [0.05, 0.1) is 26.1 Å². The third-order valence-electron chi connectivity index (χ3n) is 4.19. The number of aromatic amines is 1. The summed E-state index contributed by atoms with van der Waals surface area (Å²) in [5, 5.41) is 15.4. The molecule has 27 heavy (non-hydrogen) atoms. The Morgan fingerprint density at radius 3 is 2.85 bits per heavy atom. The van der Waals surface area contributed by atoms with E-state index in [1.807, 2.05) is 0 Å². The number of hydrogen-bond donors (Lipinski definition) is 3. The summed E-state index contributed by atoms with van der Waals surface area (Å²) in [5.74, 6) is -1.60. The summed E-state index contributed by atoms with van der Waals surface area (Å²) in [7, 11) is 0. The molecule has 11 nitrogen and oxygen atoms in total. The molecule has 1 atom stereocenters. The van der Waals surface area contributed by atoms with Gasteiger partial charge in [-0.1, -0.05) is 6.07 Å². The van der Waals surface area contributed by atoms with E-state index < -0.39 is 29.5 Å². The van der Waals surface area contributed by atoms with E-state index in [2.05, 4.69) is 10.2 Å². The minimum absolute atomic E-state index is 0.0166. The van der Waals surface area contributed by atoms with Crippen molar-refractivity contribution in [3.8, 4) is 5.75 Å². The van der Waals surface area contributed by atoms with Gasteiger partial charge in [-0.15, -0.1) is 0 Å². The Hall–Kier alpha value is -3.63. The van der Waals surface area contributed by atoms with E-state index in [-0.39, 0.29) is 31.7 Å². The highest BCUT2D eigenvalue weighted by atomic mass is 16.5. The second-order valence-corrected chi connectivity index (χ2v) is 5.92. The lowest BCUT2D eigenvalue weighted by atomic mass is 10.1. The predicted molar refractivity (Wildman–Crippen MR) is 89.9 cm³/mol. The topological polar surface area (TPSA) is 161 Å². The van der Waals surface area contributed by atoms with Gasteiger partial charge in [-0.25, -0.2) is 14.7 Å². The van der Waals surface area contributed by atoms with E-state index in [1.54, 1.807) is 12.1 Å². The molecular formula is C16H17N5O6. The number of aromatic nitrogens is 3. The molecule has 2 aromatic rings. The Morgan fingerprint density at radius 1 is 1.37 bits per heavy atom. The molecule has 1 aromatic heterocycles. The van der Waals surface area contributed by atoms with Gasteiger partial charge in [-0.2, -0.15) is 5.10 Å². The third kappa shape index (κ3) is 3.81. The lowest BCUT2D eigenvalue weighted by Crippen LogP contribution is -2.52. The van der Waals surface area contributed by atoms with Gasteiger partial charge in [0.2, 0.25) is 11.8 Å². The Balaban J connectivity index is 1.64. The van der Waals surface area contributed by atoms with Crippen molar-refractivity contribution in [2.24, 2.45) is 5.73 Å². The number of H-pyrrole nitrogens is 1. The summed E-state index contributed by atoms with van der Waals surface area (Å²) in [6.07, 6.45) is -0.0841. The van der Waals surface area contributed by atoms with Gasteiger partial charge in [-0.3, -0.25) is 14.2 Å². The number of aliphatic carboxylic acids is 1. The summed E-state index contributed by atoms with van der Waals surface area (Å²) in [4.78, 5) is 47.9. The molecule has 2 amide bonds. The number of carboxylic acid groups (broad SMARTS) is 1. The Labute approximate surface area is 152 Å². The predicted octanol–water partition coefficient (Wildman–Crippen LogP) is -1.07. The van der Waals surface area contributed by atoms with Gasteiger partial charge >= 0.3 is 11.7 Å². The second kappa shape index (κ2) is 7.32. The number of nitrogens with one attached hydrogen (secondary N) is 1. The molecule has 1 aliphatic rings. The lowest BCUT2D eigenvalue weighted by molar-refractivity contribution is -0.153. The molecule has 0 saturated carbocycles. The number of nitrogens with two attached hydrogens (primary N) is 1. The number of amides is 2. The molecule has 4 N–H and O–H groups in total. The summed E-state index contributed by atoms with van der Waals surface area (Å²) in [6, 6.07) is 5.03. The highest BCUT2D eigenvalue weighted by molar-refractivity contribution is 5.93. The summed E-state index contributed by atoms with van der Waals surface area (Å²) < 4.78 is 6.65. The maximum atomic E-state index is 12.5. The largest absolute Gasteiger partial charge is 0.493 e. The SMILES string of the molecule is NC(=O)c1cccc(OCCC(=O)N2Cc3n[nH]c(=O)n3CC2C(=O)O)c1. The van der Waals surface area contributed by atoms with Gasteiger partial charge in [0.25, 0.3) is 0 Å². The van der Waals surface area contributed by atoms with Crippen LogP contribution >= 0.6 is 0 Å². The van der Waals surface area contributed by atoms with Gasteiger partial charge < -0.3 is 20.5 Å². The van der Waals surface area contributed by atoms with Gasteiger partial charge in [0.15, 0.2) is 5.82 Å². The van der Waals surface area contributed by atoms with E-state index in [4.69, 9.17) is 10.5 Å². The van der Waals surface area contributed by atoms with Crippen LogP contribution in [0.1, 0.15) is 22.6 Å². The summed E-state index contributed by atoms with van der Waals surface area (Å²) in [5.41, 5.74) is 4.96. The Kier molecular flexibility index (Phi) is 4.92. The van der Waals surface area contributed by atoms with Crippen LogP contribution in [0.4, 0.5) is 0 Å². The number of carboxylic acids is 1. The van der Waals surface area contributed by atoms with Crippen molar-refractivity contribution in [1.29, 1.82) is 0 Å². The molecule has 1 aromatic carbocycles. The zero-order chi connectivity index (χ0) is 19.6. The zero-order valence-corrected chi connectivity index (χ0v) is 14.1. The van der Waals surface area contributed by atoms with Gasteiger partial charge in [-0.05, 0) is 18.2 Å². The van der Waals surface area contributed by atoms with Gasteiger partial charge in [0, 0.05) is 5.56 Å². The monoisotopic (exact) mass is 375 g/mol. The third-order valence-corrected chi connectivity index (χ3v) is 4.19. The highest BCUT2D eigenvalue weighted by Gasteiger charge is 2.36. The molecule has 0 radical (unpaired) electrons. The highest BCUT2D eigenvalue weighted by Crippen LogP contribution is 2.17. The average molecular weight is 375 g/mol. The molecule has 3 rings (SSSR count). The van der Waals surface area contributed by atoms with Crippen LogP contribution in [0.15, 0.2) is 29.1 Å². The molecular weight excluding hydrogens is 358 g/mol. The van der Waals surface area contributed by atoms with Crippen molar-refractivity contribution < 1.29 is 24.2 Å². The molecule has 0 saturated heterocycles. The van der Waals surface area contributed by atoms with Crippen LogP contribution in [-0.2, 0) is 22.7 Å². The lowest BCUT2D eigenvalue weighted by Gasteiger charge is -2.32. The molecule has 142 valence electrons. The van der Waals surface area contributed by atoms with E-state index in [0.29, 0.717) is 11.6 Å². The maximum absolute atomic E-state index is 12.5. The first-order chi connectivity index (χ1) is 12.9. The maximum Gasteiger partial charge on any atom is 0.343 e. The minimum Gasteiger partial charge on any atom is -0.493 e. The fraction of sp³-hybridized carbons (Fsp3) is 0.312. The molecule has 1 unspecified atom stereocenters. The molecule has 0 bridgehead atoms. The summed E-state index contributed by atoms with van der Waals surface area (Å²) >= 11 is 0. The van der Waals surface area contributed by atoms with Crippen molar-refractivity contribution in [2.75, 3.05) is 6.61 Å². The number of fused-ring (bicyclic) bond motifs is 1. The molecule has 11 heteroatoms. The average Bonchev–Trinajstić information content (AvgIpc) is 3.01. The molecule has 0 spiro atoms. The van der Waals surface area contributed by atoms with Crippen LogP contribution in [0.3, 0.4) is 0 Å². The smallest absolute Gasteiger partial charge is 0.343 e. The van der Waals surface area contributed by atoms with Crippen molar-refractivity contribution in [3.05, 3.63) is 46.1 Å². The zero-order valence-electron chi connectivity index (χ0n) is 14.1. The molecule has 0 aliphatic carbocycles. The first kappa shape index (κ1) is 18.2. The molecule has 0 fully saturated rings. The number of carbonyl (C=O) groups is 3. The number of rotatable bonds is 6. The van der Waals surface area contributed by atoms with Crippen LogP contribution in [-0.4, -0.2) is 55.2 Å². The van der Waals surface area contributed by atoms with Crippen LogP contribution in [0, 0.1) is 0 Å². The quantitative estimate of drug-likeness (QED) is 0.579. The number of benzene rings is 1. The number of hydrogen-bond acceptors (Lipinski definition) is 6. The number of nitrogens with zero attached hydrogens (tertiary/aromatic N) is 3. The second-order valence-electron chi connectivity index (χ2n) is 5.92. The molecule has 1 aliphatic heterocycles. The number of ether oxygens (including phenoxy) is 1. The number of carbonyl (C=O) groups excluding carboxylic acids is 2. The normalized spacial score (nSPS) is 15.9. The first-order valence-corrected chi connectivity index (χ1v) is 8.06. The number of primary amides is 1. The van der Waals surface area contributed by atoms with E-state index in [9.17, 15) is 24.3 Å². The summed E-state index contributed by atoms with van der Waals surface area (Å²) in [6.45, 7) is -0.282. The van der Waals surface area contributed by atoms with E-state index in [0.717, 1.165) is 4.90 Å². The fourth-order valence-corrected chi connectivity index (χ4v) is 2.81. The minimum atomic E-state index is -1.21. The molecule has 2 heterocycles. The first-order valence-electron chi connectivity index (χ1n) is 8.06. The van der Waals surface area contributed by atoms with E-state index in [1.165, 1.54) is 16.7 Å². The standard InChI is InChI=1S/C16H17N5O6/c17-14(23)9-2-1-3-10(6-9)27-5-4-13(22)20-8-12-18-19-16(26)21(12)7-11(20)15(24)25/h1-3,6,11H,4-5,7-8H2,(H2,17,23)(H,19,26)(H,24,25). The van der Waals surface area contributed by atoms with Crippen LogP contribution in [0.2, 0.25) is 0 Å². The van der Waals surface area contributed by atoms with Crippen molar-refractivity contribution in [3.63, 3.8) is 0 Å². The Bertz CT molecular complexity index is 949. The van der Waals surface area contributed by atoms with Crippen LogP contribution in [0.5, 0.6) is 5.75 Å². The fourth-order valence-electron chi connectivity index (χ4n) is 2.81. The van der Waals surface area contributed by atoms with Crippen LogP contribution in [0.25, 0.3) is 0 Å². The van der Waals surface area contributed by atoms with Crippen molar-refractivity contribution in [1.82, 2.24) is 19.7 Å². The van der Waals surface area contributed by atoms with Crippen LogP contribution < -0.4 is 16.2 Å². The van der Waals surface area contributed by atoms with E-state index >= 15 is 0 Å². The van der Waals surface area contributed by atoms with Gasteiger partial charge in [0.1, 0.15) is 11.8 Å². The van der Waals surface area contributed by atoms with Crippen molar-refractivity contribution >= 4 is 17.8 Å².